The van der Waals surface area contributed by atoms with E-state index in [1.165, 1.54) is 6.42 Å². The topological polar surface area (TPSA) is 42.7 Å². The highest BCUT2D eigenvalue weighted by Gasteiger charge is 2.24. The van der Waals surface area contributed by atoms with Crippen LogP contribution in [0.4, 0.5) is 0 Å². The molecule has 2 aromatic heterocycles. The number of imidazole rings is 1. The van der Waals surface area contributed by atoms with Gasteiger partial charge in [-0.3, -0.25) is 4.57 Å². The van der Waals surface area contributed by atoms with Crippen LogP contribution in [0, 0.1) is 0 Å². The van der Waals surface area contributed by atoms with Gasteiger partial charge >= 0.3 is 0 Å². The van der Waals surface area contributed by atoms with E-state index in [1.807, 2.05) is 24.4 Å². The molecule has 4 rings (SSSR count). The predicted octanol–water partition coefficient (Wildman–Crippen LogP) is 2.85. The zero-order valence-corrected chi connectivity index (χ0v) is 11.2. The zero-order chi connectivity index (χ0) is 13.4. The number of pyridine rings is 1. The van der Waals surface area contributed by atoms with Crippen LogP contribution in [0.2, 0.25) is 0 Å². The minimum Gasteiger partial charge on any atom is -0.307 e. The Bertz CT molecular complexity index is 727. The molecule has 1 atom stereocenters. The maximum Gasteiger partial charge on any atom is 0.164 e. The fourth-order valence-corrected chi connectivity index (χ4v) is 2.90. The quantitative estimate of drug-likeness (QED) is 0.774. The average molecular weight is 264 g/mol. The predicted molar refractivity (Wildman–Crippen MR) is 78.8 cm³/mol. The van der Waals surface area contributed by atoms with Gasteiger partial charge in [-0.25, -0.2) is 9.97 Å². The van der Waals surface area contributed by atoms with E-state index in [4.69, 9.17) is 4.98 Å². The highest BCUT2D eigenvalue weighted by atomic mass is 15.2. The third kappa shape index (κ3) is 1.80. The third-order valence-corrected chi connectivity index (χ3v) is 3.83. The van der Waals surface area contributed by atoms with Crippen molar-refractivity contribution in [3.63, 3.8) is 0 Å². The zero-order valence-electron chi connectivity index (χ0n) is 11.2. The molecule has 4 nitrogen and oxygen atoms in total. The SMILES string of the molecule is c1ccc(-n2c(C3CCCN3)nc3cccnc32)cc1. The summed E-state index contributed by atoms with van der Waals surface area (Å²) in [6.45, 7) is 1.07. The van der Waals surface area contributed by atoms with Crippen molar-refractivity contribution < 1.29 is 0 Å². The van der Waals surface area contributed by atoms with E-state index >= 15 is 0 Å². The molecule has 3 heterocycles. The lowest BCUT2D eigenvalue weighted by molar-refractivity contribution is 0.598. The molecule has 0 spiro atoms. The molecule has 1 aromatic carbocycles. The van der Waals surface area contributed by atoms with E-state index in [9.17, 15) is 0 Å². The Morgan fingerprint density at radius 2 is 2.00 bits per heavy atom. The molecule has 1 N–H and O–H groups in total. The second-order valence-electron chi connectivity index (χ2n) is 5.14. The van der Waals surface area contributed by atoms with E-state index in [0.29, 0.717) is 6.04 Å². The Morgan fingerprint density at radius 3 is 2.80 bits per heavy atom. The molecule has 1 aliphatic heterocycles. The monoisotopic (exact) mass is 264 g/mol. The molecular weight excluding hydrogens is 248 g/mol. The van der Waals surface area contributed by atoms with Crippen LogP contribution in [0.3, 0.4) is 0 Å². The fraction of sp³-hybridized carbons (Fsp3) is 0.250. The average Bonchev–Trinajstić information content (AvgIpc) is 3.15. The van der Waals surface area contributed by atoms with Crippen LogP contribution in [0.15, 0.2) is 48.7 Å². The van der Waals surface area contributed by atoms with Crippen LogP contribution in [-0.4, -0.2) is 21.1 Å². The molecule has 0 bridgehead atoms. The van der Waals surface area contributed by atoms with Crippen molar-refractivity contribution in [1.29, 1.82) is 0 Å². The smallest absolute Gasteiger partial charge is 0.164 e. The summed E-state index contributed by atoms with van der Waals surface area (Å²) in [5, 5.41) is 3.53. The molecule has 100 valence electrons. The summed E-state index contributed by atoms with van der Waals surface area (Å²) >= 11 is 0. The van der Waals surface area contributed by atoms with Gasteiger partial charge in [0.1, 0.15) is 11.3 Å². The largest absolute Gasteiger partial charge is 0.307 e. The summed E-state index contributed by atoms with van der Waals surface area (Å²) < 4.78 is 2.18. The van der Waals surface area contributed by atoms with Gasteiger partial charge in [-0.15, -0.1) is 0 Å². The van der Waals surface area contributed by atoms with Gasteiger partial charge in [0.05, 0.1) is 6.04 Å². The van der Waals surface area contributed by atoms with Crippen molar-refractivity contribution in [3.05, 3.63) is 54.5 Å². The van der Waals surface area contributed by atoms with Crippen LogP contribution in [0.25, 0.3) is 16.9 Å². The molecule has 0 amide bonds. The van der Waals surface area contributed by atoms with Crippen molar-refractivity contribution in [2.24, 2.45) is 0 Å². The van der Waals surface area contributed by atoms with Crippen LogP contribution in [-0.2, 0) is 0 Å². The van der Waals surface area contributed by atoms with Crippen LogP contribution >= 0.6 is 0 Å². The number of para-hydroxylation sites is 1. The summed E-state index contributed by atoms with van der Waals surface area (Å²) in [4.78, 5) is 9.33. The number of hydrogen-bond acceptors (Lipinski definition) is 3. The molecule has 0 radical (unpaired) electrons. The van der Waals surface area contributed by atoms with Gasteiger partial charge in [0.25, 0.3) is 0 Å². The fourth-order valence-electron chi connectivity index (χ4n) is 2.90. The van der Waals surface area contributed by atoms with Crippen molar-refractivity contribution >= 4 is 11.2 Å². The van der Waals surface area contributed by atoms with E-state index in [2.05, 4.69) is 39.1 Å². The van der Waals surface area contributed by atoms with Crippen LogP contribution in [0.5, 0.6) is 0 Å². The molecule has 20 heavy (non-hydrogen) atoms. The van der Waals surface area contributed by atoms with Crippen molar-refractivity contribution in [2.75, 3.05) is 6.54 Å². The Morgan fingerprint density at radius 1 is 1.10 bits per heavy atom. The molecule has 1 unspecified atom stereocenters. The minimum absolute atomic E-state index is 0.324. The third-order valence-electron chi connectivity index (χ3n) is 3.83. The highest BCUT2D eigenvalue weighted by molar-refractivity contribution is 5.74. The first kappa shape index (κ1) is 11.6. The van der Waals surface area contributed by atoms with Crippen molar-refractivity contribution in [2.45, 2.75) is 18.9 Å². The molecular formula is C16H16N4. The number of hydrogen-bond donors (Lipinski definition) is 1. The Hall–Kier alpha value is -2.20. The van der Waals surface area contributed by atoms with Gasteiger partial charge in [0.2, 0.25) is 0 Å². The summed E-state index contributed by atoms with van der Waals surface area (Å²) in [6, 6.07) is 14.6. The standard InChI is InChI=1S/C16H16N4/c1-2-6-12(7-3-1)20-15-14(9-5-11-18-15)19-16(20)13-8-4-10-17-13/h1-3,5-7,9,11,13,17H,4,8,10H2. The van der Waals surface area contributed by atoms with E-state index in [0.717, 1.165) is 35.6 Å². The molecule has 1 saturated heterocycles. The molecule has 0 saturated carbocycles. The highest BCUT2D eigenvalue weighted by Crippen LogP contribution is 2.28. The summed E-state index contributed by atoms with van der Waals surface area (Å²) in [6.07, 6.45) is 4.17. The first-order chi connectivity index (χ1) is 9.93. The second-order valence-corrected chi connectivity index (χ2v) is 5.14. The summed E-state index contributed by atoms with van der Waals surface area (Å²) in [7, 11) is 0. The molecule has 4 heteroatoms. The van der Waals surface area contributed by atoms with Gasteiger partial charge in [-0.2, -0.15) is 0 Å². The molecule has 1 fully saturated rings. The maximum atomic E-state index is 4.81. The van der Waals surface area contributed by atoms with E-state index < -0.39 is 0 Å². The Kier molecular flexibility index (Phi) is 2.74. The van der Waals surface area contributed by atoms with Gasteiger partial charge in [0, 0.05) is 11.9 Å². The number of aromatic nitrogens is 3. The van der Waals surface area contributed by atoms with Gasteiger partial charge in [0.15, 0.2) is 5.65 Å². The maximum absolute atomic E-state index is 4.81. The lowest BCUT2D eigenvalue weighted by Gasteiger charge is -2.13. The van der Waals surface area contributed by atoms with Gasteiger partial charge in [-0.05, 0) is 43.7 Å². The molecule has 0 aliphatic carbocycles. The molecule has 3 aromatic rings. The number of nitrogens with one attached hydrogen (secondary N) is 1. The number of fused-ring (bicyclic) bond motifs is 1. The van der Waals surface area contributed by atoms with Crippen molar-refractivity contribution in [1.82, 2.24) is 19.9 Å². The van der Waals surface area contributed by atoms with Crippen molar-refractivity contribution in [3.8, 4) is 5.69 Å². The normalized spacial score (nSPS) is 18.7. The first-order valence-electron chi connectivity index (χ1n) is 7.06. The Balaban J connectivity index is 1.98. The van der Waals surface area contributed by atoms with Crippen LogP contribution < -0.4 is 5.32 Å². The number of nitrogens with zero attached hydrogens (tertiary/aromatic N) is 3. The lowest BCUT2D eigenvalue weighted by atomic mass is 10.2. The number of rotatable bonds is 2. The van der Waals surface area contributed by atoms with Gasteiger partial charge < -0.3 is 5.32 Å². The minimum atomic E-state index is 0.324. The van der Waals surface area contributed by atoms with Crippen LogP contribution in [0.1, 0.15) is 24.7 Å². The molecule has 1 aliphatic rings. The number of benzene rings is 1. The Labute approximate surface area is 117 Å². The summed E-state index contributed by atoms with van der Waals surface area (Å²) in [5.41, 5.74) is 3.01. The lowest BCUT2D eigenvalue weighted by Crippen LogP contribution is -2.17. The van der Waals surface area contributed by atoms with Gasteiger partial charge in [-0.1, -0.05) is 18.2 Å². The second kappa shape index (κ2) is 4.72. The van der Waals surface area contributed by atoms with E-state index in [-0.39, 0.29) is 0 Å². The summed E-state index contributed by atoms with van der Waals surface area (Å²) in [5.74, 6) is 1.07. The van der Waals surface area contributed by atoms with E-state index in [1.54, 1.807) is 0 Å². The first-order valence-corrected chi connectivity index (χ1v) is 7.06.